The predicted octanol–water partition coefficient (Wildman–Crippen LogP) is 3.10. The number of nitrogens with two attached hydrogens (primary N) is 1. The van der Waals surface area contributed by atoms with E-state index in [1.54, 1.807) is 19.1 Å². The Kier molecular flexibility index (Phi) is 5.21. The number of hydrogen-bond donors (Lipinski definition) is 2. The summed E-state index contributed by atoms with van der Waals surface area (Å²) in [5.41, 5.74) is 8.88. The molecule has 0 aliphatic carbocycles. The van der Waals surface area contributed by atoms with Crippen LogP contribution < -0.4 is 11.1 Å². The molecule has 4 heteroatoms. The summed E-state index contributed by atoms with van der Waals surface area (Å²) in [6.07, 6.45) is 0.893. The molecular weight excluding hydrogens is 264 g/mol. The number of carbonyl (C=O) groups is 1. The van der Waals surface area contributed by atoms with Crippen molar-refractivity contribution in [3.63, 3.8) is 0 Å². The smallest absolute Gasteiger partial charge is 0.340 e. The summed E-state index contributed by atoms with van der Waals surface area (Å²) >= 11 is 0. The summed E-state index contributed by atoms with van der Waals surface area (Å²) in [4.78, 5) is 11.8. The van der Waals surface area contributed by atoms with Gasteiger partial charge in [0, 0.05) is 6.54 Å². The molecule has 2 rings (SSSR count). The Bertz CT molecular complexity index is 597. The van der Waals surface area contributed by atoms with E-state index in [2.05, 4.69) is 17.4 Å². The summed E-state index contributed by atoms with van der Waals surface area (Å²) < 4.78 is 4.99. The highest BCUT2D eigenvalue weighted by atomic mass is 16.5. The van der Waals surface area contributed by atoms with Gasteiger partial charge in [-0.25, -0.2) is 4.79 Å². The number of para-hydroxylation sites is 1. The third-order valence-electron chi connectivity index (χ3n) is 3.17. The maximum absolute atomic E-state index is 11.8. The Morgan fingerprint density at radius 3 is 2.62 bits per heavy atom. The minimum atomic E-state index is -0.387. The fourth-order valence-electron chi connectivity index (χ4n) is 2.09. The monoisotopic (exact) mass is 284 g/mol. The first kappa shape index (κ1) is 14.9. The van der Waals surface area contributed by atoms with E-state index in [9.17, 15) is 4.79 Å². The predicted molar refractivity (Wildman–Crippen MR) is 85.4 cm³/mol. The second kappa shape index (κ2) is 7.33. The molecule has 0 aliphatic heterocycles. The number of hydrogen-bond acceptors (Lipinski definition) is 4. The van der Waals surface area contributed by atoms with Gasteiger partial charge < -0.3 is 15.8 Å². The molecule has 0 amide bonds. The second-order valence-electron chi connectivity index (χ2n) is 4.65. The van der Waals surface area contributed by atoms with Crippen molar-refractivity contribution in [1.82, 2.24) is 0 Å². The zero-order valence-electron chi connectivity index (χ0n) is 12.1. The highest BCUT2D eigenvalue weighted by molar-refractivity contribution is 5.98. The van der Waals surface area contributed by atoms with Crippen LogP contribution in [0.3, 0.4) is 0 Å². The maximum atomic E-state index is 11.8. The van der Waals surface area contributed by atoms with Gasteiger partial charge in [-0.15, -0.1) is 0 Å². The molecule has 3 N–H and O–H groups in total. The van der Waals surface area contributed by atoms with Crippen LogP contribution in [0.25, 0.3) is 0 Å². The van der Waals surface area contributed by atoms with E-state index in [1.165, 1.54) is 5.56 Å². The van der Waals surface area contributed by atoms with Gasteiger partial charge in [0.25, 0.3) is 0 Å². The minimum absolute atomic E-state index is 0.337. The lowest BCUT2D eigenvalue weighted by molar-refractivity contribution is 0.0527. The second-order valence-corrected chi connectivity index (χ2v) is 4.65. The van der Waals surface area contributed by atoms with E-state index in [0.29, 0.717) is 17.9 Å². The van der Waals surface area contributed by atoms with Gasteiger partial charge in [0.05, 0.1) is 23.5 Å². The molecule has 0 unspecified atom stereocenters. The molecule has 21 heavy (non-hydrogen) atoms. The van der Waals surface area contributed by atoms with Gasteiger partial charge in [-0.2, -0.15) is 0 Å². The Labute approximate surface area is 124 Å². The number of esters is 1. The average Bonchev–Trinajstić information content (AvgIpc) is 2.50. The molecule has 0 spiro atoms. The van der Waals surface area contributed by atoms with Gasteiger partial charge in [0.1, 0.15) is 0 Å². The lowest BCUT2D eigenvalue weighted by atomic mass is 10.1. The Hall–Kier alpha value is -2.49. The van der Waals surface area contributed by atoms with E-state index in [1.807, 2.05) is 24.3 Å². The third kappa shape index (κ3) is 3.99. The molecule has 0 saturated heterocycles. The molecule has 4 nitrogen and oxygen atoms in total. The van der Waals surface area contributed by atoms with E-state index in [0.717, 1.165) is 18.7 Å². The molecule has 0 aliphatic rings. The molecule has 0 aromatic heterocycles. The summed E-state index contributed by atoms with van der Waals surface area (Å²) in [7, 11) is 0. The largest absolute Gasteiger partial charge is 0.462 e. The van der Waals surface area contributed by atoms with Crippen LogP contribution in [0.15, 0.2) is 48.5 Å². The van der Waals surface area contributed by atoms with Crippen LogP contribution in [0.1, 0.15) is 22.8 Å². The minimum Gasteiger partial charge on any atom is -0.462 e. The van der Waals surface area contributed by atoms with Crippen molar-refractivity contribution in [3.8, 4) is 0 Å². The molecule has 0 radical (unpaired) electrons. The standard InChI is InChI=1S/C17H20N2O2/c1-2-21-17(20)14-9-6-10-15(16(14)18)19-12-11-13-7-4-3-5-8-13/h3-10,19H,2,11-12,18H2,1H3. The number of ether oxygens (including phenoxy) is 1. The first-order valence-corrected chi connectivity index (χ1v) is 7.05. The van der Waals surface area contributed by atoms with E-state index in [4.69, 9.17) is 10.5 Å². The molecule has 0 heterocycles. The highest BCUT2D eigenvalue weighted by Gasteiger charge is 2.12. The molecule has 2 aromatic rings. The molecule has 0 saturated carbocycles. The van der Waals surface area contributed by atoms with E-state index < -0.39 is 0 Å². The van der Waals surface area contributed by atoms with Crippen molar-refractivity contribution in [2.45, 2.75) is 13.3 Å². The van der Waals surface area contributed by atoms with Gasteiger partial charge in [-0.05, 0) is 31.0 Å². The van der Waals surface area contributed by atoms with Gasteiger partial charge in [-0.1, -0.05) is 36.4 Å². The van der Waals surface area contributed by atoms with Gasteiger partial charge in [0.2, 0.25) is 0 Å². The fourth-order valence-corrected chi connectivity index (χ4v) is 2.09. The van der Waals surface area contributed by atoms with Gasteiger partial charge in [-0.3, -0.25) is 0 Å². The number of nitrogens with one attached hydrogen (secondary N) is 1. The summed E-state index contributed by atoms with van der Waals surface area (Å²) in [5.74, 6) is -0.387. The number of rotatable bonds is 6. The van der Waals surface area contributed by atoms with Gasteiger partial charge in [0.15, 0.2) is 0 Å². The highest BCUT2D eigenvalue weighted by Crippen LogP contribution is 2.23. The van der Waals surface area contributed by atoms with Gasteiger partial charge >= 0.3 is 5.97 Å². The molecule has 110 valence electrons. The van der Waals surface area contributed by atoms with Crippen molar-refractivity contribution >= 4 is 17.3 Å². The fraction of sp³-hybridized carbons (Fsp3) is 0.235. The van der Waals surface area contributed by atoms with Crippen LogP contribution in [-0.4, -0.2) is 19.1 Å². The average molecular weight is 284 g/mol. The number of anilines is 2. The Balaban J connectivity index is 2.00. The molecule has 0 fully saturated rings. The van der Waals surface area contributed by atoms with Crippen LogP contribution in [0, 0.1) is 0 Å². The topological polar surface area (TPSA) is 64.3 Å². The quantitative estimate of drug-likeness (QED) is 0.632. The first-order valence-electron chi connectivity index (χ1n) is 7.05. The summed E-state index contributed by atoms with van der Waals surface area (Å²) in [5, 5.41) is 3.27. The zero-order valence-corrected chi connectivity index (χ0v) is 12.1. The van der Waals surface area contributed by atoms with Crippen molar-refractivity contribution in [1.29, 1.82) is 0 Å². The summed E-state index contributed by atoms with van der Waals surface area (Å²) in [6.45, 7) is 2.86. The molecule has 0 bridgehead atoms. The first-order chi connectivity index (χ1) is 10.2. The van der Waals surface area contributed by atoms with Crippen LogP contribution in [0.2, 0.25) is 0 Å². The van der Waals surface area contributed by atoms with Crippen LogP contribution in [0.4, 0.5) is 11.4 Å². The number of benzene rings is 2. The lowest BCUT2D eigenvalue weighted by Gasteiger charge is -2.12. The van der Waals surface area contributed by atoms with Crippen molar-refractivity contribution in [3.05, 3.63) is 59.7 Å². The third-order valence-corrected chi connectivity index (χ3v) is 3.17. The van der Waals surface area contributed by atoms with Crippen LogP contribution in [0.5, 0.6) is 0 Å². The molecule has 2 aromatic carbocycles. The van der Waals surface area contributed by atoms with Crippen LogP contribution >= 0.6 is 0 Å². The summed E-state index contributed by atoms with van der Waals surface area (Å²) in [6, 6.07) is 15.5. The lowest BCUT2D eigenvalue weighted by Crippen LogP contribution is -2.12. The number of nitrogen functional groups attached to an aromatic ring is 1. The van der Waals surface area contributed by atoms with E-state index >= 15 is 0 Å². The van der Waals surface area contributed by atoms with Crippen molar-refractivity contribution in [2.75, 3.05) is 24.2 Å². The Morgan fingerprint density at radius 2 is 1.90 bits per heavy atom. The van der Waals surface area contributed by atoms with Crippen LogP contribution in [-0.2, 0) is 11.2 Å². The normalized spacial score (nSPS) is 10.1. The number of carbonyl (C=O) groups excluding carboxylic acids is 1. The molecular formula is C17H20N2O2. The van der Waals surface area contributed by atoms with Crippen molar-refractivity contribution in [2.24, 2.45) is 0 Å². The Morgan fingerprint density at radius 1 is 1.14 bits per heavy atom. The molecule has 0 atom stereocenters. The SMILES string of the molecule is CCOC(=O)c1cccc(NCCc2ccccc2)c1N. The zero-order chi connectivity index (χ0) is 15.1. The maximum Gasteiger partial charge on any atom is 0.340 e. The van der Waals surface area contributed by atoms with E-state index in [-0.39, 0.29) is 5.97 Å². The van der Waals surface area contributed by atoms with Crippen molar-refractivity contribution < 1.29 is 9.53 Å².